The lowest BCUT2D eigenvalue weighted by molar-refractivity contribution is 0.0694. The first kappa shape index (κ1) is 24.4. The summed E-state index contributed by atoms with van der Waals surface area (Å²) in [5, 5.41) is 2.83. The van der Waals surface area contributed by atoms with Gasteiger partial charge in [0.05, 0.1) is 11.3 Å². The van der Waals surface area contributed by atoms with Crippen molar-refractivity contribution in [1.29, 1.82) is 0 Å². The molecule has 2 amide bonds. The molecule has 182 valence electrons. The Kier molecular flexibility index (Phi) is 7.65. The minimum absolute atomic E-state index is 0.0542. The van der Waals surface area contributed by atoms with Gasteiger partial charge in [-0.3, -0.25) is 9.59 Å². The summed E-state index contributed by atoms with van der Waals surface area (Å²) in [5.41, 5.74) is 1.33. The van der Waals surface area contributed by atoms with Gasteiger partial charge < -0.3 is 10.2 Å². The minimum atomic E-state index is -3.56. The van der Waals surface area contributed by atoms with Crippen LogP contribution in [0.5, 0.6) is 0 Å². The molecule has 1 heterocycles. The molecule has 1 aliphatic heterocycles. The van der Waals surface area contributed by atoms with Gasteiger partial charge in [0.2, 0.25) is 0 Å². The van der Waals surface area contributed by atoms with Crippen LogP contribution >= 0.6 is 0 Å². The van der Waals surface area contributed by atoms with Gasteiger partial charge in [0.1, 0.15) is 0 Å². The molecule has 0 spiro atoms. The summed E-state index contributed by atoms with van der Waals surface area (Å²) in [5.74, 6) is -0.510. The molecule has 1 saturated heterocycles. The molecule has 1 saturated carbocycles. The van der Waals surface area contributed by atoms with Gasteiger partial charge in [-0.15, -0.1) is 0 Å². The van der Waals surface area contributed by atoms with Gasteiger partial charge in [-0.1, -0.05) is 49.6 Å². The van der Waals surface area contributed by atoms with E-state index in [2.05, 4.69) is 5.32 Å². The molecule has 0 bridgehead atoms. The topological polar surface area (TPSA) is 90.0 Å². The second-order valence-electron chi connectivity index (χ2n) is 8.87. The highest BCUT2D eigenvalue weighted by atomic mass is 32.2. The fourth-order valence-electron chi connectivity index (χ4n) is 4.67. The zero-order chi connectivity index (χ0) is 24.1. The molecule has 0 unspecified atom stereocenters. The lowest BCUT2D eigenvalue weighted by Gasteiger charge is -2.38. The minimum Gasteiger partial charge on any atom is -0.336 e. The number of anilines is 1. The Bertz CT molecular complexity index is 1110. The Morgan fingerprint density at radius 3 is 2.18 bits per heavy atom. The number of carbonyl (C=O) groups is 2. The number of hydrogen-bond acceptors (Lipinski definition) is 4. The monoisotopic (exact) mass is 484 g/mol. The lowest BCUT2D eigenvalue weighted by Crippen LogP contribution is -2.55. The maximum atomic E-state index is 13.3. The Hall–Kier alpha value is -2.75. The number of benzene rings is 2. The number of carbonyl (C=O) groups excluding carboxylic acids is 2. The van der Waals surface area contributed by atoms with E-state index in [0.29, 0.717) is 29.9 Å². The van der Waals surface area contributed by atoms with E-state index in [1.807, 2.05) is 6.07 Å². The second-order valence-corrected chi connectivity index (χ2v) is 10.9. The first-order valence-corrected chi connectivity index (χ1v) is 13.3. The molecule has 1 N–H and O–H groups in total. The van der Waals surface area contributed by atoms with Gasteiger partial charge in [0.25, 0.3) is 22.0 Å². The third-order valence-corrected chi connectivity index (χ3v) is 8.79. The van der Waals surface area contributed by atoms with Crippen molar-refractivity contribution in [3.63, 3.8) is 0 Å². The summed E-state index contributed by atoms with van der Waals surface area (Å²) < 4.78 is 29.3. The van der Waals surface area contributed by atoms with E-state index in [0.717, 1.165) is 25.7 Å². The van der Waals surface area contributed by atoms with E-state index < -0.39 is 10.2 Å². The van der Waals surface area contributed by atoms with Crippen molar-refractivity contribution in [2.75, 3.05) is 38.5 Å². The number of para-hydroxylation sites is 1. The summed E-state index contributed by atoms with van der Waals surface area (Å²) in [6.45, 7) is 1.11. The number of amides is 2. The zero-order valence-electron chi connectivity index (χ0n) is 19.5. The van der Waals surface area contributed by atoms with Crippen LogP contribution in [0.15, 0.2) is 54.6 Å². The number of piperazine rings is 1. The molecule has 2 aromatic carbocycles. The normalized spacial score (nSPS) is 18.1. The molecule has 9 heteroatoms. The van der Waals surface area contributed by atoms with Crippen molar-refractivity contribution in [2.24, 2.45) is 0 Å². The molecule has 2 fully saturated rings. The first-order chi connectivity index (χ1) is 16.4. The Balaban J connectivity index is 1.40. The SMILES string of the molecule is CN(C1CCCCC1)S(=O)(=O)N1CCN(C(=O)c2ccccc2NC(=O)c2ccccc2)CC1. The van der Waals surface area contributed by atoms with Crippen LogP contribution in [0.4, 0.5) is 5.69 Å². The highest BCUT2D eigenvalue weighted by molar-refractivity contribution is 7.86. The highest BCUT2D eigenvalue weighted by Crippen LogP contribution is 2.26. The highest BCUT2D eigenvalue weighted by Gasteiger charge is 2.35. The van der Waals surface area contributed by atoms with Crippen LogP contribution < -0.4 is 5.32 Å². The van der Waals surface area contributed by atoms with Crippen molar-refractivity contribution in [1.82, 2.24) is 13.5 Å². The van der Waals surface area contributed by atoms with Crippen LogP contribution in [-0.4, -0.2) is 73.0 Å². The van der Waals surface area contributed by atoms with Gasteiger partial charge in [-0.2, -0.15) is 17.0 Å². The van der Waals surface area contributed by atoms with E-state index in [1.165, 1.54) is 15.0 Å². The largest absolute Gasteiger partial charge is 0.336 e. The van der Waals surface area contributed by atoms with Crippen LogP contribution in [0.2, 0.25) is 0 Å². The summed E-state index contributed by atoms with van der Waals surface area (Å²) in [7, 11) is -1.88. The molecule has 34 heavy (non-hydrogen) atoms. The summed E-state index contributed by atoms with van der Waals surface area (Å²) in [6, 6.07) is 15.8. The van der Waals surface area contributed by atoms with Crippen molar-refractivity contribution in [3.8, 4) is 0 Å². The summed E-state index contributed by atoms with van der Waals surface area (Å²) in [6.07, 6.45) is 5.10. The smallest absolute Gasteiger partial charge is 0.282 e. The van der Waals surface area contributed by atoms with Crippen LogP contribution in [0.3, 0.4) is 0 Å². The molecule has 2 aromatic rings. The van der Waals surface area contributed by atoms with Gasteiger partial charge in [-0.05, 0) is 37.1 Å². The molecule has 4 rings (SSSR count). The van der Waals surface area contributed by atoms with Crippen LogP contribution in [0.1, 0.15) is 52.8 Å². The van der Waals surface area contributed by atoms with E-state index in [9.17, 15) is 18.0 Å². The van der Waals surface area contributed by atoms with Crippen LogP contribution in [-0.2, 0) is 10.2 Å². The van der Waals surface area contributed by atoms with Gasteiger partial charge in [0.15, 0.2) is 0 Å². The molecule has 0 aromatic heterocycles. The van der Waals surface area contributed by atoms with Crippen molar-refractivity contribution >= 4 is 27.7 Å². The molecule has 1 aliphatic carbocycles. The quantitative estimate of drug-likeness (QED) is 0.682. The van der Waals surface area contributed by atoms with Crippen LogP contribution in [0.25, 0.3) is 0 Å². The van der Waals surface area contributed by atoms with Gasteiger partial charge in [-0.25, -0.2) is 0 Å². The molecule has 0 atom stereocenters. The van der Waals surface area contributed by atoms with Crippen molar-refractivity contribution in [3.05, 3.63) is 65.7 Å². The van der Waals surface area contributed by atoms with Crippen molar-refractivity contribution in [2.45, 2.75) is 38.1 Å². The van der Waals surface area contributed by atoms with Crippen LogP contribution in [0, 0.1) is 0 Å². The standard InChI is InChI=1S/C25H32N4O4S/c1-27(21-12-6-3-7-13-21)34(32,33)29-18-16-28(17-19-29)25(31)22-14-8-9-15-23(22)26-24(30)20-10-4-2-5-11-20/h2,4-5,8-11,14-15,21H,3,6-7,12-13,16-19H2,1H3,(H,26,30). The van der Waals surface area contributed by atoms with E-state index in [1.54, 1.807) is 60.5 Å². The lowest BCUT2D eigenvalue weighted by atomic mass is 9.96. The number of nitrogens with one attached hydrogen (secondary N) is 1. The van der Waals surface area contributed by atoms with Gasteiger partial charge in [0, 0.05) is 44.8 Å². The average Bonchev–Trinajstić information content (AvgIpc) is 2.89. The third-order valence-electron chi connectivity index (χ3n) is 6.75. The maximum Gasteiger partial charge on any atom is 0.282 e. The Morgan fingerprint density at radius 2 is 1.50 bits per heavy atom. The summed E-state index contributed by atoms with van der Waals surface area (Å²) >= 11 is 0. The first-order valence-electron chi connectivity index (χ1n) is 11.9. The number of nitrogens with zero attached hydrogens (tertiary/aromatic N) is 3. The van der Waals surface area contributed by atoms with Gasteiger partial charge >= 0.3 is 0 Å². The van der Waals surface area contributed by atoms with E-state index in [-0.39, 0.29) is 30.9 Å². The molecular formula is C25H32N4O4S. The number of hydrogen-bond donors (Lipinski definition) is 1. The predicted molar refractivity (Wildman–Crippen MR) is 132 cm³/mol. The molecule has 0 radical (unpaired) electrons. The maximum absolute atomic E-state index is 13.3. The molecule has 8 nitrogen and oxygen atoms in total. The average molecular weight is 485 g/mol. The Labute approximate surface area is 201 Å². The predicted octanol–water partition coefficient (Wildman–Crippen LogP) is 3.21. The molecular weight excluding hydrogens is 452 g/mol. The number of rotatable bonds is 6. The third kappa shape index (κ3) is 5.32. The fraction of sp³-hybridized carbons (Fsp3) is 0.440. The van der Waals surface area contributed by atoms with E-state index in [4.69, 9.17) is 0 Å². The van der Waals surface area contributed by atoms with E-state index >= 15 is 0 Å². The second kappa shape index (κ2) is 10.7. The summed E-state index contributed by atoms with van der Waals surface area (Å²) in [4.78, 5) is 27.5. The molecule has 2 aliphatic rings. The zero-order valence-corrected chi connectivity index (χ0v) is 20.3. The van der Waals surface area contributed by atoms with Crippen molar-refractivity contribution < 1.29 is 18.0 Å². The fourth-order valence-corrected chi connectivity index (χ4v) is 6.25. The Morgan fingerprint density at radius 1 is 0.882 bits per heavy atom.